The maximum Gasteiger partial charge on any atom is 0.0209 e. The van der Waals surface area contributed by atoms with E-state index in [9.17, 15) is 0 Å². The summed E-state index contributed by atoms with van der Waals surface area (Å²) in [6.45, 7) is 2.67. The summed E-state index contributed by atoms with van der Waals surface area (Å²) in [5.74, 6) is 0. The van der Waals surface area contributed by atoms with Crippen molar-refractivity contribution >= 4 is 0 Å². The molecule has 0 aromatic heterocycles. The number of rotatable bonds is 3. The van der Waals surface area contributed by atoms with Gasteiger partial charge in [0.15, 0.2) is 0 Å². The van der Waals surface area contributed by atoms with Gasteiger partial charge in [-0.2, -0.15) is 0 Å². The van der Waals surface area contributed by atoms with Crippen molar-refractivity contribution in [3.05, 3.63) is 0 Å². The van der Waals surface area contributed by atoms with E-state index in [0.717, 1.165) is 30.2 Å². The van der Waals surface area contributed by atoms with Gasteiger partial charge in [-0.05, 0) is 52.0 Å². The van der Waals surface area contributed by atoms with Gasteiger partial charge in [-0.25, -0.2) is 0 Å². The maximum atomic E-state index is 3.83. The van der Waals surface area contributed by atoms with Crippen molar-refractivity contribution in [3.63, 3.8) is 0 Å². The molecule has 3 heterocycles. The Morgan fingerprint density at radius 1 is 0.842 bits per heavy atom. The second kappa shape index (κ2) is 5.01. The first-order chi connectivity index (χ1) is 9.29. The first-order valence-corrected chi connectivity index (χ1v) is 8.51. The second-order valence-corrected chi connectivity index (χ2v) is 7.45. The Kier molecular flexibility index (Phi) is 3.33. The number of piperidine rings is 2. The molecule has 0 amide bonds. The van der Waals surface area contributed by atoms with Crippen molar-refractivity contribution in [1.29, 1.82) is 0 Å². The minimum atomic E-state index is 0.798. The predicted octanol–water partition coefficient (Wildman–Crippen LogP) is 1.83. The van der Waals surface area contributed by atoms with Crippen LogP contribution in [0.4, 0.5) is 0 Å². The molecule has 19 heavy (non-hydrogen) atoms. The lowest BCUT2D eigenvalue weighted by atomic mass is 9.82. The lowest BCUT2D eigenvalue weighted by Gasteiger charge is -2.49. The third-order valence-electron chi connectivity index (χ3n) is 6.10. The van der Waals surface area contributed by atoms with Crippen LogP contribution in [0.2, 0.25) is 0 Å². The molecule has 3 atom stereocenters. The zero-order chi connectivity index (χ0) is 12.8. The van der Waals surface area contributed by atoms with Crippen LogP contribution in [0.25, 0.3) is 0 Å². The Labute approximate surface area is 117 Å². The topological polar surface area (TPSA) is 18.5 Å². The van der Waals surface area contributed by atoms with E-state index < -0.39 is 0 Å². The Balaban J connectivity index is 1.35. The van der Waals surface area contributed by atoms with Gasteiger partial charge < -0.3 is 10.2 Å². The van der Waals surface area contributed by atoms with Gasteiger partial charge in [0.2, 0.25) is 0 Å². The van der Waals surface area contributed by atoms with Crippen molar-refractivity contribution in [1.82, 2.24) is 15.1 Å². The van der Waals surface area contributed by atoms with Crippen LogP contribution in [0.15, 0.2) is 0 Å². The van der Waals surface area contributed by atoms with Gasteiger partial charge in [0, 0.05) is 43.3 Å². The lowest BCUT2D eigenvalue weighted by molar-refractivity contribution is 0.0153. The molecule has 1 N–H and O–H groups in total. The summed E-state index contributed by atoms with van der Waals surface area (Å²) >= 11 is 0. The Bertz CT molecular complexity index is 314. The van der Waals surface area contributed by atoms with Crippen molar-refractivity contribution in [2.45, 2.75) is 81.6 Å². The van der Waals surface area contributed by atoms with E-state index in [1.165, 1.54) is 64.5 Å². The first kappa shape index (κ1) is 12.6. The van der Waals surface area contributed by atoms with Gasteiger partial charge in [0.05, 0.1) is 0 Å². The van der Waals surface area contributed by atoms with Gasteiger partial charge in [0.25, 0.3) is 0 Å². The third-order valence-corrected chi connectivity index (χ3v) is 6.10. The van der Waals surface area contributed by atoms with Gasteiger partial charge in [-0.1, -0.05) is 6.42 Å². The second-order valence-electron chi connectivity index (χ2n) is 7.45. The predicted molar refractivity (Wildman–Crippen MR) is 78.3 cm³/mol. The number of hydrogen-bond donors (Lipinski definition) is 1. The van der Waals surface area contributed by atoms with Crippen LogP contribution in [0.5, 0.6) is 0 Å². The molecule has 1 saturated carbocycles. The lowest BCUT2D eigenvalue weighted by Crippen LogP contribution is -2.55. The molecule has 3 saturated heterocycles. The van der Waals surface area contributed by atoms with Crippen molar-refractivity contribution in [3.8, 4) is 0 Å². The van der Waals surface area contributed by atoms with E-state index in [4.69, 9.17) is 0 Å². The van der Waals surface area contributed by atoms with E-state index in [1.54, 1.807) is 0 Å². The summed E-state index contributed by atoms with van der Waals surface area (Å²) < 4.78 is 0. The fourth-order valence-electron chi connectivity index (χ4n) is 4.72. The van der Waals surface area contributed by atoms with Crippen LogP contribution in [-0.4, -0.2) is 60.1 Å². The average Bonchev–Trinajstić information content (AvgIpc) is 3.05. The highest BCUT2D eigenvalue weighted by Gasteiger charge is 2.40. The quantitative estimate of drug-likeness (QED) is 0.838. The van der Waals surface area contributed by atoms with Gasteiger partial charge in [-0.3, -0.25) is 4.90 Å². The largest absolute Gasteiger partial charge is 0.310 e. The molecule has 4 fully saturated rings. The molecule has 4 aliphatic rings. The fourth-order valence-corrected chi connectivity index (χ4v) is 4.72. The molecule has 0 spiro atoms. The third kappa shape index (κ3) is 2.57. The SMILES string of the molecule is CN1C2CCCC1CC(N1CCC(NC3CC3)C1)C2. The minimum Gasteiger partial charge on any atom is -0.310 e. The molecular weight excluding hydrogens is 234 g/mol. The van der Waals surface area contributed by atoms with E-state index in [2.05, 4.69) is 22.2 Å². The number of nitrogens with zero attached hydrogens (tertiary/aromatic N) is 2. The monoisotopic (exact) mass is 263 g/mol. The molecule has 3 aliphatic heterocycles. The molecule has 1 aliphatic carbocycles. The highest BCUT2D eigenvalue weighted by atomic mass is 15.3. The number of hydrogen-bond acceptors (Lipinski definition) is 3. The highest BCUT2D eigenvalue weighted by molar-refractivity contribution is 4.97. The van der Waals surface area contributed by atoms with Crippen LogP contribution in [0.1, 0.15) is 51.4 Å². The number of likely N-dealkylation sites (tertiary alicyclic amines) is 1. The summed E-state index contributed by atoms with van der Waals surface area (Å²) in [6.07, 6.45) is 11.5. The van der Waals surface area contributed by atoms with Crippen LogP contribution in [0, 0.1) is 0 Å². The molecular formula is C16H29N3. The molecule has 0 radical (unpaired) electrons. The normalized spacial score (nSPS) is 44.7. The summed E-state index contributed by atoms with van der Waals surface area (Å²) in [4.78, 5) is 5.51. The Morgan fingerprint density at radius 3 is 2.26 bits per heavy atom. The van der Waals surface area contributed by atoms with E-state index in [-0.39, 0.29) is 0 Å². The molecule has 0 aromatic rings. The van der Waals surface area contributed by atoms with E-state index >= 15 is 0 Å². The zero-order valence-corrected chi connectivity index (χ0v) is 12.4. The van der Waals surface area contributed by atoms with Crippen molar-refractivity contribution < 1.29 is 0 Å². The van der Waals surface area contributed by atoms with E-state index in [0.29, 0.717) is 0 Å². The smallest absolute Gasteiger partial charge is 0.0209 e. The molecule has 108 valence electrons. The highest BCUT2D eigenvalue weighted by Crippen LogP contribution is 2.36. The Morgan fingerprint density at radius 2 is 1.58 bits per heavy atom. The molecule has 3 nitrogen and oxygen atoms in total. The zero-order valence-electron chi connectivity index (χ0n) is 12.4. The van der Waals surface area contributed by atoms with Crippen LogP contribution in [-0.2, 0) is 0 Å². The number of fused-ring (bicyclic) bond motifs is 2. The van der Waals surface area contributed by atoms with Gasteiger partial charge in [0.1, 0.15) is 0 Å². The van der Waals surface area contributed by atoms with Crippen LogP contribution in [0.3, 0.4) is 0 Å². The molecule has 4 rings (SSSR count). The molecule has 0 aromatic carbocycles. The number of nitrogens with one attached hydrogen (secondary N) is 1. The first-order valence-electron chi connectivity index (χ1n) is 8.51. The average molecular weight is 263 g/mol. The van der Waals surface area contributed by atoms with Crippen molar-refractivity contribution in [2.75, 3.05) is 20.1 Å². The minimum absolute atomic E-state index is 0.798. The molecule has 2 bridgehead atoms. The van der Waals surface area contributed by atoms with E-state index in [1.807, 2.05) is 0 Å². The van der Waals surface area contributed by atoms with Crippen LogP contribution >= 0.6 is 0 Å². The van der Waals surface area contributed by atoms with Gasteiger partial charge >= 0.3 is 0 Å². The van der Waals surface area contributed by atoms with Gasteiger partial charge in [-0.15, -0.1) is 0 Å². The molecule has 3 unspecified atom stereocenters. The Hall–Kier alpha value is -0.120. The standard InChI is InChI=1S/C16H29N3/c1-18-14-3-2-4-15(18)10-16(9-14)19-8-7-13(11-19)17-12-5-6-12/h12-17H,2-11H2,1H3. The summed E-state index contributed by atoms with van der Waals surface area (Å²) in [7, 11) is 2.37. The van der Waals surface area contributed by atoms with Crippen LogP contribution < -0.4 is 5.32 Å². The fraction of sp³-hybridized carbons (Fsp3) is 1.00. The summed E-state index contributed by atoms with van der Waals surface area (Å²) in [5.41, 5.74) is 0. The molecule has 3 heteroatoms. The maximum absolute atomic E-state index is 3.83. The summed E-state index contributed by atoms with van der Waals surface area (Å²) in [6, 6.07) is 4.33. The van der Waals surface area contributed by atoms with Crippen molar-refractivity contribution in [2.24, 2.45) is 0 Å². The summed E-state index contributed by atoms with van der Waals surface area (Å²) in [5, 5.41) is 3.83.